The molecule has 1 heterocycles. The third-order valence-electron chi connectivity index (χ3n) is 5.86. The highest BCUT2D eigenvalue weighted by atomic mass is 79.9. The first-order valence-corrected chi connectivity index (χ1v) is 13.2. The summed E-state index contributed by atoms with van der Waals surface area (Å²) in [5.41, 5.74) is 3.40. The van der Waals surface area contributed by atoms with E-state index in [4.69, 9.17) is 32.7 Å². The van der Waals surface area contributed by atoms with Crippen LogP contribution in [0.15, 0.2) is 58.6 Å². The minimum absolute atomic E-state index is 0.193. The lowest BCUT2D eigenvalue weighted by Gasteiger charge is -2.27. The highest BCUT2D eigenvalue weighted by Crippen LogP contribution is 2.38. The van der Waals surface area contributed by atoms with Crippen LogP contribution in [0, 0.1) is 13.8 Å². The van der Waals surface area contributed by atoms with Crippen LogP contribution >= 0.6 is 39.1 Å². The average Bonchev–Trinajstić information content (AvgIpc) is 2.85. The van der Waals surface area contributed by atoms with Crippen molar-refractivity contribution in [3.63, 3.8) is 0 Å². The van der Waals surface area contributed by atoms with Crippen molar-refractivity contribution in [3.05, 3.63) is 90.9 Å². The first-order valence-electron chi connectivity index (χ1n) is 11.6. The fourth-order valence-electron chi connectivity index (χ4n) is 3.78. The van der Waals surface area contributed by atoms with Crippen LogP contribution in [0.1, 0.15) is 29.2 Å². The van der Waals surface area contributed by atoms with Crippen molar-refractivity contribution in [2.45, 2.75) is 27.4 Å². The molecule has 1 N–H and O–H groups in total. The van der Waals surface area contributed by atoms with Crippen LogP contribution < -0.4 is 19.7 Å². The lowest BCUT2D eigenvalue weighted by molar-refractivity contribution is -0.122. The van der Waals surface area contributed by atoms with Crippen molar-refractivity contribution in [3.8, 4) is 11.5 Å². The molecule has 1 saturated heterocycles. The van der Waals surface area contributed by atoms with Gasteiger partial charge < -0.3 is 9.47 Å². The van der Waals surface area contributed by atoms with E-state index in [2.05, 4.69) is 21.2 Å². The molecular formula is C28H23BrCl2N2O5. The first-order chi connectivity index (χ1) is 18.1. The molecule has 0 saturated carbocycles. The standard InChI is InChI=1S/C28H23BrCl2N2O5/c1-4-37-24-13-18(11-21(29)25(24)38-14-17-6-8-22(30)23(31)12-17)10-20-26(34)32-28(36)33(27(20)35)19-7-5-15(2)16(3)9-19/h5-13H,4,14H2,1-3H3,(H,32,34,36)/b20-10+. The second-order valence-corrected chi connectivity index (χ2v) is 10.2. The molecule has 3 aromatic rings. The molecule has 0 atom stereocenters. The van der Waals surface area contributed by atoms with Crippen LogP contribution in [-0.2, 0) is 16.2 Å². The van der Waals surface area contributed by atoms with E-state index in [0.29, 0.717) is 43.9 Å². The third-order valence-corrected chi connectivity index (χ3v) is 7.19. The first kappa shape index (κ1) is 27.7. The predicted molar refractivity (Wildman–Crippen MR) is 151 cm³/mol. The molecule has 7 nitrogen and oxygen atoms in total. The number of nitrogens with one attached hydrogen (secondary N) is 1. The number of hydrogen-bond donors (Lipinski definition) is 1. The van der Waals surface area contributed by atoms with Crippen molar-refractivity contribution in [2.75, 3.05) is 11.5 Å². The maximum atomic E-state index is 13.3. The number of benzene rings is 3. The predicted octanol–water partition coefficient (Wildman–Crippen LogP) is 7.02. The third kappa shape index (κ3) is 5.88. The van der Waals surface area contributed by atoms with Gasteiger partial charge in [0, 0.05) is 0 Å². The second kappa shape index (κ2) is 11.6. The Balaban J connectivity index is 1.66. The van der Waals surface area contributed by atoms with Crippen molar-refractivity contribution >= 4 is 68.7 Å². The zero-order valence-electron chi connectivity index (χ0n) is 20.7. The summed E-state index contributed by atoms with van der Waals surface area (Å²) in [7, 11) is 0. The number of carbonyl (C=O) groups excluding carboxylic acids is 3. The van der Waals surface area contributed by atoms with Gasteiger partial charge in [-0.1, -0.05) is 35.3 Å². The zero-order chi connectivity index (χ0) is 27.6. The van der Waals surface area contributed by atoms with E-state index in [-0.39, 0.29) is 12.2 Å². The van der Waals surface area contributed by atoms with E-state index >= 15 is 0 Å². The van der Waals surface area contributed by atoms with Gasteiger partial charge in [-0.05, 0) is 101 Å². The van der Waals surface area contributed by atoms with Crippen molar-refractivity contribution in [2.24, 2.45) is 0 Å². The maximum absolute atomic E-state index is 13.3. The zero-order valence-corrected chi connectivity index (χ0v) is 23.8. The number of hydrogen-bond acceptors (Lipinski definition) is 5. The molecule has 0 bridgehead atoms. The van der Waals surface area contributed by atoms with Crippen LogP contribution in [0.2, 0.25) is 10.0 Å². The van der Waals surface area contributed by atoms with Gasteiger partial charge in [0.2, 0.25) is 0 Å². The minimum Gasteiger partial charge on any atom is -0.490 e. The highest BCUT2D eigenvalue weighted by molar-refractivity contribution is 9.10. The quantitative estimate of drug-likeness (QED) is 0.228. The monoisotopic (exact) mass is 616 g/mol. The lowest BCUT2D eigenvalue weighted by Crippen LogP contribution is -2.54. The molecule has 38 heavy (non-hydrogen) atoms. The molecule has 0 aromatic heterocycles. The maximum Gasteiger partial charge on any atom is 0.335 e. The molecule has 0 spiro atoms. The Hall–Kier alpha value is -3.33. The highest BCUT2D eigenvalue weighted by Gasteiger charge is 2.37. The largest absolute Gasteiger partial charge is 0.490 e. The molecule has 3 aromatic carbocycles. The summed E-state index contributed by atoms with van der Waals surface area (Å²) in [6.07, 6.45) is 1.41. The Morgan fingerprint density at radius 3 is 2.39 bits per heavy atom. The van der Waals surface area contributed by atoms with Crippen molar-refractivity contribution < 1.29 is 23.9 Å². The van der Waals surface area contributed by atoms with Crippen molar-refractivity contribution in [1.29, 1.82) is 0 Å². The average molecular weight is 618 g/mol. The molecular weight excluding hydrogens is 595 g/mol. The number of barbiturate groups is 1. The molecule has 1 aliphatic heterocycles. The lowest BCUT2D eigenvalue weighted by atomic mass is 10.0. The minimum atomic E-state index is -0.803. The molecule has 0 unspecified atom stereocenters. The summed E-state index contributed by atoms with van der Waals surface area (Å²) in [5, 5.41) is 3.11. The van der Waals surface area contributed by atoms with Gasteiger partial charge in [-0.3, -0.25) is 14.9 Å². The molecule has 10 heteroatoms. The number of aryl methyl sites for hydroxylation is 2. The number of ether oxygens (including phenoxy) is 2. The molecule has 4 amide bonds. The Labute approximate surface area is 238 Å². The molecule has 0 radical (unpaired) electrons. The molecule has 1 fully saturated rings. The van der Waals surface area contributed by atoms with Crippen LogP contribution in [0.5, 0.6) is 11.5 Å². The number of anilines is 1. The SMILES string of the molecule is CCOc1cc(/C=C2\C(=O)NC(=O)N(c3ccc(C)c(C)c3)C2=O)cc(Br)c1OCc1ccc(Cl)c(Cl)c1. The molecule has 1 aliphatic rings. The molecule has 0 aliphatic carbocycles. The van der Waals surface area contributed by atoms with Gasteiger partial charge in [-0.2, -0.15) is 0 Å². The Morgan fingerprint density at radius 1 is 0.947 bits per heavy atom. The van der Waals surface area contributed by atoms with Gasteiger partial charge in [0.05, 0.1) is 26.8 Å². The normalized spacial score (nSPS) is 14.6. The Bertz CT molecular complexity index is 1490. The smallest absolute Gasteiger partial charge is 0.335 e. The number of carbonyl (C=O) groups is 3. The topological polar surface area (TPSA) is 84.9 Å². The van der Waals surface area contributed by atoms with E-state index in [1.54, 1.807) is 42.5 Å². The summed E-state index contributed by atoms with van der Waals surface area (Å²) < 4.78 is 12.3. The van der Waals surface area contributed by atoms with Gasteiger partial charge in [0.25, 0.3) is 11.8 Å². The number of amides is 4. The van der Waals surface area contributed by atoms with Gasteiger partial charge in [0.15, 0.2) is 11.5 Å². The Kier molecular flexibility index (Phi) is 8.45. The van der Waals surface area contributed by atoms with Crippen LogP contribution in [0.4, 0.5) is 10.5 Å². The van der Waals surface area contributed by atoms with Crippen LogP contribution in [0.25, 0.3) is 6.08 Å². The van der Waals surface area contributed by atoms with E-state index in [0.717, 1.165) is 21.6 Å². The fourth-order valence-corrected chi connectivity index (χ4v) is 4.68. The van der Waals surface area contributed by atoms with Gasteiger partial charge in [-0.25, -0.2) is 9.69 Å². The van der Waals surface area contributed by atoms with Crippen molar-refractivity contribution in [1.82, 2.24) is 5.32 Å². The van der Waals surface area contributed by atoms with E-state index in [1.165, 1.54) is 6.08 Å². The summed E-state index contributed by atoms with van der Waals surface area (Å²) in [4.78, 5) is 39.5. The van der Waals surface area contributed by atoms with E-state index in [1.807, 2.05) is 26.8 Å². The van der Waals surface area contributed by atoms with Gasteiger partial charge in [-0.15, -0.1) is 0 Å². The molecule has 196 valence electrons. The van der Waals surface area contributed by atoms with Crippen LogP contribution in [-0.4, -0.2) is 24.5 Å². The van der Waals surface area contributed by atoms with Crippen LogP contribution in [0.3, 0.4) is 0 Å². The number of rotatable bonds is 7. The second-order valence-electron chi connectivity index (χ2n) is 8.53. The number of halogens is 3. The summed E-state index contributed by atoms with van der Waals surface area (Å²) in [6, 6.07) is 13.0. The molecule has 4 rings (SSSR count). The fraction of sp³-hybridized carbons (Fsp3) is 0.179. The van der Waals surface area contributed by atoms with E-state index in [9.17, 15) is 14.4 Å². The van der Waals surface area contributed by atoms with Gasteiger partial charge in [0.1, 0.15) is 12.2 Å². The summed E-state index contributed by atoms with van der Waals surface area (Å²) in [6.45, 7) is 6.18. The summed E-state index contributed by atoms with van der Waals surface area (Å²) >= 11 is 15.6. The Morgan fingerprint density at radius 2 is 1.71 bits per heavy atom. The number of imide groups is 2. The van der Waals surface area contributed by atoms with E-state index < -0.39 is 17.8 Å². The number of urea groups is 1. The summed E-state index contributed by atoms with van der Waals surface area (Å²) in [5.74, 6) is -0.670. The number of nitrogens with zero attached hydrogens (tertiary/aromatic N) is 1. The van der Waals surface area contributed by atoms with Gasteiger partial charge >= 0.3 is 6.03 Å².